The fourth-order valence-electron chi connectivity index (χ4n) is 1.91. The Balaban J connectivity index is 2.06. The van der Waals surface area contributed by atoms with Crippen molar-refractivity contribution in [3.05, 3.63) is 23.8 Å². The molecule has 0 atom stereocenters. The van der Waals surface area contributed by atoms with Crippen LogP contribution in [0.1, 0.15) is 23.2 Å². The molecular formula is C12H17N3O2. The van der Waals surface area contributed by atoms with Crippen LogP contribution in [-0.4, -0.2) is 30.2 Å². The van der Waals surface area contributed by atoms with E-state index in [9.17, 15) is 9.90 Å². The van der Waals surface area contributed by atoms with Crippen LogP contribution in [0.5, 0.6) is 0 Å². The lowest BCUT2D eigenvalue weighted by Gasteiger charge is -2.33. The van der Waals surface area contributed by atoms with Crippen LogP contribution >= 0.6 is 0 Å². The topological polar surface area (TPSA) is 87.4 Å². The Kier molecular flexibility index (Phi) is 3.19. The second-order valence-electron chi connectivity index (χ2n) is 4.35. The molecule has 0 saturated heterocycles. The lowest BCUT2D eigenvalue weighted by Crippen LogP contribution is -2.39. The molecule has 1 aliphatic rings. The van der Waals surface area contributed by atoms with Crippen molar-refractivity contribution in [1.82, 2.24) is 5.32 Å². The summed E-state index contributed by atoms with van der Waals surface area (Å²) in [5.41, 5.74) is 7.78. The highest BCUT2D eigenvalue weighted by Gasteiger charge is 2.27. The Morgan fingerprint density at radius 3 is 2.71 bits per heavy atom. The van der Waals surface area contributed by atoms with E-state index in [4.69, 9.17) is 5.73 Å². The van der Waals surface area contributed by atoms with Gasteiger partial charge in [-0.15, -0.1) is 0 Å². The zero-order valence-electron chi connectivity index (χ0n) is 9.73. The zero-order chi connectivity index (χ0) is 12.4. The number of rotatable bonds is 3. The van der Waals surface area contributed by atoms with Crippen LogP contribution in [-0.2, 0) is 0 Å². The first-order valence-electron chi connectivity index (χ1n) is 5.66. The third-order valence-electron chi connectivity index (χ3n) is 3.01. The van der Waals surface area contributed by atoms with Crippen LogP contribution in [0.3, 0.4) is 0 Å². The Morgan fingerprint density at radius 1 is 1.47 bits per heavy atom. The largest absolute Gasteiger partial charge is 0.397 e. The normalized spacial score (nSPS) is 22.7. The van der Waals surface area contributed by atoms with Crippen molar-refractivity contribution in [1.29, 1.82) is 0 Å². The number of aliphatic hydroxyl groups is 1. The Labute approximate surface area is 100 Å². The summed E-state index contributed by atoms with van der Waals surface area (Å²) < 4.78 is 0. The molecule has 0 spiro atoms. The quantitative estimate of drug-likeness (QED) is 0.577. The SMILES string of the molecule is CNC(=O)c1ccc(NC2CC(O)C2)c(N)c1. The maximum atomic E-state index is 11.4. The van der Waals surface area contributed by atoms with E-state index >= 15 is 0 Å². The van der Waals surface area contributed by atoms with Gasteiger partial charge in [0.15, 0.2) is 0 Å². The van der Waals surface area contributed by atoms with Gasteiger partial charge < -0.3 is 21.5 Å². The Bertz CT molecular complexity index is 428. The molecule has 2 rings (SSSR count). The Morgan fingerprint density at radius 2 is 2.18 bits per heavy atom. The van der Waals surface area contributed by atoms with Crippen LogP contribution in [0.15, 0.2) is 18.2 Å². The molecule has 1 aromatic carbocycles. The van der Waals surface area contributed by atoms with E-state index in [1.54, 1.807) is 25.2 Å². The van der Waals surface area contributed by atoms with E-state index in [-0.39, 0.29) is 18.1 Å². The summed E-state index contributed by atoms with van der Waals surface area (Å²) in [4.78, 5) is 11.4. The molecule has 0 aliphatic heterocycles. The molecule has 1 aliphatic carbocycles. The predicted octanol–water partition coefficient (Wildman–Crippen LogP) is 0.564. The molecule has 0 aromatic heterocycles. The molecule has 5 nitrogen and oxygen atoms in total. The molecule has 0 unspecified atom stereocenters. The molecule has 92 valence electrons. The van der Waals surface area contributed by atoms with Gasteiger partial charge in [-0.1, -0.05) is 0 Å². The van der Waals surface area contributed by atoms with Crippen molar-refractivity contribution in [3.8, 4) is 0 Å². The van der Waals surface area contributed by atoms with Gasteiger partial charge in [-0.2, -0.15) is 0 Å². The maximum absolute atomic E-state index is 11.4. The van der Waals surface area contributed by atoms with Gasteiger partial charge in [0.1, 0.15) is 0 Å². The summed E-state index contributed by atoms with van der Waals surface area (Å²) in [6.45, 7) is 0. The van der Waals surface area contributed by atoms with E-state index in [1.807, 2.05) is 0 Å². The second kappa shape index (κ2) is 4.63. The molecule has 17 heavy (non-hydrogen) atoms. The third-order valence-corrected chi connectivity index (χ3v) is 3.01. The first-order chi connectivity index (χ1) is 8.10. The van der Waals surface area contributed by atoms with Crippen LogP contribution in [0.4, 0.5) is 11.4 Å². The fraction of sp³-hybridized carbons (Fsp3) is 0.417. The number of nitrogen functional groups attached to an aromatic ring is 1. The minimum atomic E-state index is -0.195. The molecule has 1 fully saturated rings. The van der Waals surface area contributed by atoms with Crippen LogP contribution < -0.4 is 16.4 Å². The average molecular weight is 235 g/mol. The highest BCUT2D eigenvalue weighted by Crippen LogP contribution is 2.27. The Hall–Kier alpha value is -1.75. The number of hydrogen-bond acceptors (Lipinski definition) is 4. The number of nitrogens with two attached hydrogens (primary N) is 1. The molecule has 5 N–H and O–H groups in total. The molecule has 1 amide bonds. The van der Waals surface area contributed by atoms with Gasteiger partial charge in [-0.05, 0) is 31.0 Å². The van der Waals surface area contributed by atoms with E-state index in [1.165, 1.54) is 0 Å². The van der Waals surface area contributed by atoms with Gasteiger partial charge in [0.2, 0.25) is 0 Å². The summed E-state index contributed by atoms with van der Waals surface area (Å²) in [5.74, 6) is -0.151. The molecule has 0 heterocycles. The predicted molar refractivity (Wildman–Crippen MR) is 66.9 cm³/mol. The van der Waals surface area contributed by atoms with Crippen molar-refractivity contribution < 1.29 is 9.90 Å². The summed E-state index contributed by atoms with van der Waals surface area (Å²) in [6.07, 6.45) is 1.30. The summed E-state index contributed by atoms with van der Waals surface area (Å²) >= 11 is 0. The van der Waals surface area contributed by atoms with Crippen LogP contribution in [0.25, 0.3) is 0 Å². The lowest BCUT2D eigenvalue weighted by atomic mass is 9.89. The van der Waals surface area contributed by atoms with E-state index in [0.717, 1.165) is 18.5 Å². The number of benzene rings is 1. The van der Waals surface area contributed by atoms with E-state index < -0.39 is 0 Å². The molecular weight excluding hydrogens is 218 g/mol. The molecule has 0 radical (unpaired) electrons. The summed E-state index contributed by atoms with van der Waals surface area (Å²) in [6, 6.07) is 5.45. The van der Waals surface area contributed by atoms with Gasteiger partial charge in [0.25, 0.3) is 5.91 Å². The summed E-state index contributed by atoms with van der Waals surface area (Å²) in [5, 5.41) is 15.0. The smallest absolute Gasteiger partial charge is 0.251 e. The number of anilines is 2. The van der Waals surface area contributed by atoms with Gasteiger partial charge in [-0.3, -0.25) is 4.79 Å². The number of carbonyl (C=O) groups excluding carboxylic acids is 1. The maximum Gasteiger partial charge on any atom is 0.251 e. The van der Waals surface area contributed by atoms with Crippen molar-refractivity contribution in [2.24, 2.45) is 0 Å². The van der Waals surface area contributed by atoms with Gasteiger partial charge in [0.05, 0.1) is 17.5 Å². The lowest BCUT2D eigenvalue weighted by molar-refractivity contribution is 0.0837. The number of carbonyl (C=O) groups is 1. The fourth-order valence-corrected chi connectivity index (χ4v) is 1.91. The van der Waals surface area contributed by atoms with Crippen molar-refractivity contribution in [3.63, 3.8) is 0 Å². The number of hydrogen-bond donors (Lipinski definition) is 4. The van der Waals surface area contributed by atoms with Crippen molar-refractivity contribution in [2.75, 3.05) is 18.1 Å². The van der Waals surface area contributed by atoms with Gasteiger partial charge >= 0.3 is 0 Å². The number of nitrogens with one attached hydrogen (secondary N) is 2. The first kappa shape index (κ1) is 11.7. The van der Waals surface area contributed by atoms with E-state index in [0.29, 0.717) is 11.3 Å². The molecule has 1 aromatic rings. The van der Waals surface area contributed by atoms with E-state index in [2.05, 4.69) is 10.6 Å². The van der Waals surface area contributed by atoms with Crippen molar-refractivity contribution >= 4 is 17.3 Å². The molecule has 5 heteroatoms. The standard InChI is InChI=1S/C12H17N3O2/c1-14-12(17)7-2-3-11(10(13)4-7)15-8-5-9(16)6-8/h2-4,8-9,15-16H,5-6,13H2,1H3,(H,14,17). The summed E-state index contributed by atoms with van der Waals surface area (Å²) in [7, 11) is 1.58. The molecule has 1 saturated carbocycles. The monoisotopic (exact) mass is 235 g/mol. The minimum Gasteiger partial charge on any atom is -0.397 e. The third kappa shape index (κ3) is 2.50. The van der Waals surface area contributed by atoms with Crippen LogP contribution in [0.2, 0.25) is 0 Å². The number of aliphatic hydroxyl groups excluding tert-OH is 1. The van der Waals surface area contributed by atoms with Gasteiger partial charge in [-0.25, -0.2) is 0 Å². The highest BCUT2D eigenvalue weighted by molar-refractivity contribution is 5.95. The first-order valence-corrected chi connectivity index (χ1v) is 5.66. The average Bonchev–Trinajstić information content (AvgIpc) is 2.28. The molecule has 0 bridgehead atoms. The van der Waals surface area contributed by atoms with Crippen molar-refractivity contribution in [2.45, 2.75) is 25.0 Å². The second-order valence-corrected chi connectivity index (χ2v) is 4.35. The van der Waals surface area contributed by atoms with Gasteiger partial charge in [0, 0.05) is 18.7 Å². The zero-order valence-corrected chi connectivity index (χ0v) is 9.73. The minimum absolute atomic E-state index is 0.151. The van der Waals surface area contributed by atoms with Crippen LogP contribution in [0, 0.1) is 0 Å². The number of amides is 1. The highest BCUT2D eigenvalue weighted by atomic mass is 16.3.